The van der Waals surface area contributed by atoms with Crippen LogP contribution in [0.3, 0.4) is 0 Å². The van der Waals surface area contributed by atoms with E-state index in [0.29, 0.717) is 23.0 Å². The fourth-order valence-corrected chi connectivity index (χ4v) is 2.45. The Morgan fingerprint density at radius 2 is 1.64 bits per heavy atom. The Labute approximate surface area is 149 Å². The first-order chi connectivity index (χ1) is 12.2. The van der Waals surface area contributed by atoms with E-state index in [0.717, 1.165) is 0 Å². The zero-order valence-electron chi connectivity index (χ0n) is 13.4. The zero-order valence-corrected chi connectivity index (χ0v) is 14.2. The molecule has 0 atom stereocenters. The molecule has 2 N–H and O–H groups in total. The second-order valence-electron chi connectivity index (χ2n) is 4.78. The molecule has 0 unspecified atom stereocenters. The SMILES string of the molecule is O=C(O)c1ccccc1-c1nnc(CSCCO)o1.c1ccccc1. The number of rotatable bonds is 6. The van der Waals surface area contributed by atoms with Crippen LogP contribution in [-0.4, -0.2) is 38.7 Å². The summed E-state index contributed by atoms with van der Waals surface area (Å²) in [6, 6.07) is 18.5. The predicted octanol–water partition coefficient (Wildman–Crippen LogP) is 3.35. The van der Waals surface area contributed by atoms with E-state index in [1.165, 1.54) is 17.8 Å². The minimum absolute atomic E-state index is 0.0908. The summed E-state index contributed by atoms with van der Waals surface area (Å²) in [5, 5.41) is 25.5. The van der Waals surface area contributed by atoms with Gasteiger partial charge in [-0.25, -0.2) is 4.79 Å². The van der Waals surface area contributed by atoms with Crippen molar-refractivity contribution in [1.82, 2.24) is 10.2 Å². The molecule has 6 nitrogen and oxygen atoms in total. The van der Waals surface area contributed by atoms with Crippen LogP contribution in [0.1, 0.15) is 16.2 Å². The molecule has 130 valence electrons. The molecular weight excluding hydrogens is 340 g/mol. The van der Waals surface area contributed by atoms with Crippen molar-refractivity contribution in [3.8, 4) is 11.5 Å². The summed E-state index contributed by atoms with van der Waals surface area (Å²) in [5.41, 5.74) is 0.529. The molecule has 0 radical (unpaired) electrons. The van der Waals surface area contributed by atoms with Crippen molar-refractivity contribution in [2.24, 2.45) is 0 Å². The van der Waals surface area contributed by atoms with E-state index in [1.54, 1.807) is 18.2 Å². The molecule has 2 aromatic carbocycles. The van der Waals surface area contributed by atoms with Crippen molar-refractivity contribution >= 4 is 17.7 Å². The second kappa shape index (κ2) is 10.3. The number of benzene rings is 2. The fraction of sp³-hybridized carbons (Fsp3) is 0.167. The smallest absolute Gasteiger partial charge is 0.336 e. The average molecular weight is 358 g/mol. The molecule has 3 rings (SSSR count). The number of nitrogens with zero attached hydrogens (tertiary/aromatic N) is 2. The van der Waals surface area contributed by atoms with Crippen molar-refractivity contribution in [2.45, 2.75) is 5.75 Å². The molecule has 7 heteroatoms. The topological polar surface area (TPSA) is 96.5 Å². The standard InChI is InChI=1S/C12H12N2O4S.C6H6/c15-5-6-19-7-10-13-14-11(18-10)8-3-1-2-4-9(8)12(16)17;1-2-4-6-5-3-1/h1-4,15H,5-7H2,(H,16,17);1-6H. The summed E-state index contributed by atoms with van der Waals surface area (Å²) in [7, 11) is 0. The summed E-state index contributed by atoms with van der Waals surface area (Å²) in [6.45, 7) is 0.0908. The second-order valence-corrected chi connectivity index (χ2v) is 5.89. The molecule has 0 aliphatic heterocycles. The van der Waals surface area contributed by atoms with E-state index in [1.807, 2.05) is 36.4 Å². The van der Waals surface area contributed by atoms with Gasteiger partial charge in [-0.2, -0.15) is 0 Å². The highest BCUT2D eigenvalue weighted by atomic mass is 32.2. The third-order valence-electron chi connectivity index (χ3n) is 2.98. The van der Waals surface area contributed by atoms with E-state index in [-0.39, 0.29) is 18.1 Å². The highest BCUT2D eigenvalue weighted by Crippen LogP contribution is 2.23. The molecule has 3 aromatic rings. The van der Waals surface area contributed by atoms with Crippen molar-refractivity contribution in [1.29, 1.82) is 0 Å². The van der Waals surface area contributed by atoms with Gasteiger partial charge in [0.05, 0.1) is 23.5 Å². The molecule has 25 heavy (non-hydrogen) atoms. The van der Waals surface area contributed by atoms with Gasteiger partial charge in [-0.1, -0.05) is 48.5 Å². The number of aromatic nitrogens is 2. The Morgan fingerprint density at radius 3 is 2.24 bits per heavy atom. The molecule has 0 amide bonds. The van der Waals surface area contributed by atoms with Crippen LogP contribution in [0, 0.1) is 0 Å². The summed E-state index contributed by atoms with van der Waals surface area (Å²) in [6.07, 6.45) is 0. The Kier molecular flexibility index (Phi) is 7.68. The molecule has 0 saturated heterocycles. The lowest BCUT2D eigenvalue weighted by Gasteiger charge is -2.00. The molecule has 0 aliphatic rings. The highest BCUT2D eigenvalue weighted by molar-refractivity contribution is 7.98. The van der Waals surface area contributed by atoms with Crippen LogP contribution in [0.2, 0.25) is 0 Å². The zero-order chi connectivity index (χ0) is 17.9. The van der Waals surface area contributed by atoms with Crippen molar-refractivity contribution < 1.29 is 19.4 Å². The number of aromatic carboxylic acids is 1. The maximum atomic E-state index is 11.1. The maximum absolute atomic E-state index is 11.1. The van der Waals surface area contributed by atoms with Crippen molar-refractivity contribution in [3.63, 3.8) is 0 Å². The number of carbonyl (C=O) groups is 1. The van der Waals surface area contributed by atoms with Gasteiger partial charge in [-0.15, -0.1) is 22.0 Å². The minimum atomic E-state index is -1.04. The molecule has 0 bridgehead atoms. The minimum Gasteiger partial charge on any atom is -0.478 e. The summed E-state index contributed by atoms with van der Waals surface area (Å²) < 4.78 is 5.42. The van der Waals surface area contributed by atoms with Crippen LogP contribution >= 0.6 is 11.8 Å². The first-order valence-corrected chi connectivity index (χ1v) is 8.71. The number of aliphatic hydroxyl groups excluding tert-OH is 1. The number of aliphatic hydroxyl groups is 1. The third kappa shape index (κ3) is 6.06. The monoisotopic (exact) mass is 358 g/mol. The van der Waals surface area contributed by atoms with E-state index in [9.17, 15) is 4.79 Å². The fourth-order valence-electron chi connectivity index (χ4n) is 1.89. The van der Waals surface area contributed by atoms with Gasteiger partial charge in [0.1, 0.15) is 0 Å². The first-order valence-electron chi connectivity index (χ1n) is 7.56. The van der Waals surface area contributed by atoms with Gasteiger partial charge in [-0.3, -0.25) is 0 Å². The molecular formula is C18H18N2O4S. The van der Waals surface area contributed by atoms with E-state index < -0.39 is 5.97 Å². The summed E-state index contributed by atoms with van der Waals surface area (Å²) in [5.74, 6) is 0.642. The van der Waals surface area contributed by atoms with E-state index >= 15 is 0 Å². The van der Waals surface area contributed by atoms with Crippen LogP contribution in [0.5, 0.6) is 0 Å². The van der Waals surface area contributed by atoms with Crippen LogP contribution in [0.4, 0.5) is 0 Å². The molecule has 0 aliphatic carbocycles. The van der Waals surface area contributed by atoms with Gasteiger partial charge in [0.25, 0.3) is 0 Å². The maximum Gasteiger partial charge on any atom is 0.336 e. The van der Waals surface area contributed by atoms with Crippen molar-refractivity contribution in [3.05, 3.63) is 72.1 Å². The van der Waals surface area contributed by atoms with Crippen LogP contribution in [0.25, 0.3) is 11.5 Å². The average Bonchev–Trinajstić information content (AvgIpc) is 3.13. The van der Waals surface area contributed by atoms with Gasteiger partial charge in [0.15, 0.2) is 0 Å². The third-order valence-corrected chi connectivity index (χ3v) is 3.90. The quantitative estimate of drug-likeness (QED) is 0.652. The predicted molar refractivity (Wildman–Crippen MR) is 96.4 cm³/mol. The van der Waals surface area contributed by atoms with Crippen molar-refractivity contribution in [2.75, 3.05) is 12.4 Å². The lowest BCUT2D eigenvalue weighted by atomic mass is 10.1. The Morgan fingerprint density at radius 1 is 1.00 bits per heavy atom. The normalized spacial score (nSPS) is 9.96. The van der Waals surface area contributed by atoms with Gasteiger partial charge in [-0.05, 0) is 12.1 Å². The number of hydrogen-bond donors (Lipinski definition) is 2. The van der Waals surface area contributed by atoms with E-state index in [2.05, 4.69) is 10.2 Å². The van der Waals surface area contributed by atoms with Gasteiger partial charge >= 0.3 is 5.97 Å². The number of carboxylic acids is 1. The molecule has 1 heterocycles. The lowest BCUT2D eigenvalue weighted by molar-refractivity contribution is 0.0697. The van der Waals surface area contributed by atoms with Crippen LogP contribution in [-0.2, 0) is 5.75 Å². The Bertz CT molecular complexity index is 751. The van der Waals surface area contributed by atoms with E-state index in [4.69, 9.17) is 14.6 Å². The molecule has 0 fully saturated rings. The molecule has 1 aromatic heterocycles. The van der Waals surface area contributed by atoms with Gasteiger partial charge in [0.2, 0.25) is 11.8 Å². The van der Waals surface area contributed by atoms with Crippen LogP contribution in [0.15, 0.2) is 65.1 Å². The van der Waals surface area contributed by atoms with Gasteiger partial charge in [0, 0.05) is 5.75 Å². The van der Waals surface area contributed by atoms with Crippen LogP contribution < -0.4 is 0 Å². The summed E-state index contributed by atoms with van der Waals surface area (Å²) >= 11 is 1.46. The Hall–Kier alpha value is -2.64. The first kappa shape index (κ1) is 18.7. The molecule has 0 saturated carbocycles. The summed E-state index contributed by atoms with van der Waals surface area (Å²) in [4.78, 5) is 11.1. The molecule has 0 spiro atoms. The van der Waals surface area contributed by atoms with Gasteiger partial charge < -0.3 is 14.6 Å². The number of thioether (sulfide) groups is 1. The number of carboxylic acid groups (broad SMARTS) is 1. The highest BCUT2D eigenvalue weighted by Gasteiger charge is 2.16. The number of hydrogen-bond acceptors (Lipinski definition) is 6. The largest absolute Gasteiger partial charge is 0.478 e. The Balaban J connectivity index is 0.000000316. The lowest BCUT2D eigenvalue weighted by Crippen LogP contribution is -1.99.